The third-order valence-electron chi connectivity index (χ3n) is 5.24. The molecule has 2 aromatic heterocycles. The minimum absolute atomic E-state index is 0.265. The first-order valence-corrected chi connectivity index (χ1v) is 11.1. The van der Waals surface area contributed by atoms with Gasteiger partial charge in [0.2, 0.25) is 0 Å². The molecule has 0 radical (unpaired) electrons. The van der Waals surface area contributed by atoms with Gasteiger partial charge in [0, 0.05) is 22.5 Å². The van der Waals surface area contributed by atoms with E-state index < -0.39 is 0 Å². The lowest BCUT2D eigenvalue weighted by molar-refractivity contribution is 0.102. The van der Waals surface area contributed by atoms with Crippen LogP contribution < -0.4 is 14.8 Å². The summed E-state index contributed by atoms with van der Waals surface area (Å²) in [5.74, 6) is 1.10. The summed E-state index contributed by atoms with van der Waals surface area (Å²) < 4.78 is 13.2. The quantitative estimate of drug-likeness (QED) is 0.378. The minimum atomic E-state index is -0.265. The summed E-state index contributed by atoms with van der Waals surface area (Å²) in [6.45, 7) is 8.73. The van der Waals surface area contributed by atoms with Crippen LogP contribution in [0.5, 0.6) is 11.5 Å². The van der Waals surface area contributed by atoms with Crippen LogP contribution in [0.2, 0.25) is 5.02 Å². The summed E-state index contributed by atoms with van der Waals surface area (Å²) in [5.41, 5.74) is 5.04. The average Bonchev–Trinajstić information content (AvgIpc) is 3.14. The number of amides is 1. The van der Waals surface area contributed by atoms with E-state index in [1.54, 1.807) is 35.0 Å². The van der Waals surface area contributed by atoms with Crippen LogP contribution in [-0.2, 0) is 0 Å². The van der Waals surface area contributed by atoms with Gasteiger partial charge in [0.25, 0.3) is 5.91 Å². The molecule has 0 saturated carbocycles. The molecule has 0 fully saturated rings. The molecular weight excluding hydrogens is 440 g/mol. The number of nitrogens with one attached hydrogen (secondary N) is 1. The Balaban J connectivity index is 1.73. The highest BCUT2D eigenvalue weighted by Crippen LogP contribution is 2.36. The zero-order valence-electron chi connectivity index (χ0n) is 19.0. The molecule has 0 aliphatic heterocycles. The van der Waals surface area contributed by atoms with E-state index in [4.69, 9.17) is 21.1 Å². The zero-order valence-corrected chi connectivity index (χ0v) is 19.7. The van der Waals surface area contributed by atoms with Crippen molar-refractivity contribution in [3.63, 3.8) is 0 Å². The smallest absolute Gasteiger partial charge is 0.259 e. The highest BCUT2D eigenvalue weighted by molar-refractivity contribution is 6.30. The molecule has 4 rings (SSSR count). The molecule has 4 aromatic rings. The summed E-state index contributed by atoms with van der Waals surface area (Å²) in [6.07, 6.45) is 1.58. The second kappa shape index (κ2) is 9.50. The number of hydrogen-bond donors (Lipinski definition) is 1. The van der Waals surface area contributed by atoms with Crippen molar-refractivity contribution in [2.75, 3.05) is 18.5 Å². The van der Waals surface area contributed by atoms with Crippen molar-refractivity contribution in [3.8, 4) is 22.6 Å². The first-order valence-electron chi connectivity index (χ1n) is 10.7. The van der Waals surface area contributed by atoms with Gasteiger partial charge in [-0.1, -0.05) is 17.7 Å². The zero-order chi connectivity index (χ0) is 23.5. The number of aromatic nitrogens is 3. The van der Waals surface area contributed by atoms with E-state index in [1.165, 1.54) is 0 Å². The number of anilines is 1. The molecule has 2 heterocycles. The first kappa shape index (κ1) is 22.6. The number of benzene rings is 2. The molecule has 0 bridgehead atoms. The van der Waals surface area contributed by atoms with E-state index in [-0.39, 0.29) is 5.91 Å². The van der Waals surface area contributed by atoms with Gasteiger partial charge in [-0.2, -0.15) is 5.10 Å². The molecule has 2 aromatic carbocycles. The molecule has 0 saturated heterocycles. The number of ether oxygens (including phenoxy) is 2. The summed E-state index contributed by atoms with van der Waals surface area (Å²) in [7, 11) is 0. The second-order valence-corrected chi connectivity index (χ2v) is 7.88. The Morgan fingerprint density at radius 2 is 1.73 bits per heavy atom. The van der Waals surface area contributed by atoms with E-state index in [0.717, 1.165) is 16.8 Å². The van der Waals surface area contributed by atoms with Crippen molar-refractivity contribution < 1.29 is 14.3 Å². The van der Waals surface area contributed by atoms with E-state index in [2.05, 4.69) is 15.4 Å². The summed E-state index contributed by atoms with van der Waals surface area (Å²) in [5, 5.41) is 8.15. The average molecular weight is 465 g/mol. The summed E-state index contributed by atoms with van der Waals surface area (Å²) >= 11 is 5.93. The maximum absolute atomic E-state index is 12.9. The Bertz CT molecular complexity index is 1320. The molecule has 1 amide bonds. The number of rotatable bonds is 7. The molecule has 7 nitrogen and oxygen atoms in total. The van der Waals surface area contributed by atoms with E-state index in [1.807, 2.05) is 45.9 Å². The van der Waals surface area contributed by atoms with Gasteiger partial charge < -0.3 is 14.8 Å². The second-order valence-electron chi connectivity index (χ2n) is 7.44. The maximum atomic E-state index is 12.9. The van der Waals surface area contributed by atoms with Crippen LogP contribution in [0.3, 0.4) is 0 Å². The standard InChI is InChI=1S/C25H25ClN4O3/c1-5-32-21-12-7-17(13-22(21)33-6-2)23-15(3)29-30-16(4)20(14-27-24(23)30)25(31)28-19-10-8-18(26)9-11-19/h7-14H,5-6H2,1-4H3,(H,28,31). The van der Waals surface area contributed by atoms with E-state index in [9.17, 15) is 4.79 Å². The van der Waals surface area contributed by atoms with Crippen molar-refractivity contribution in [2.24, 2.45) is 0 Å². The number of carbonyl (C=O) groups excluding carboxylic acids is 1. The van der Waals surface area contributed by atoms with E-state index in [0.29, 0.717) is 52.3 Å². The van der Waals surface area contributed by atoms with Gasteiger partial charge in [-0.05, 0) is 69.7 Å². The molecular formula is C25H25ClN4O3. The predicted octanol–water partition coefficient (Wildman–Crippen LogP) is 5.72. The highest BCUT2D eigenvalue weighted by Gasteiger charge is 2.20. The fourth-order valence-electron chi connectivity index (χ4n) is 3.70. The summed E-state index contributed by atoms with van der Waals surface area (Å²) in [6, 6.07) is 12.8. The lowest BCUT2D eigenvalue weighted by Gasteiger charge is -2.12. The Hall–Kier alpha value is -3.58. The van der Waals surface area contributed by atoms with E-state index >= 15 is 0 Å². The topological polar surface area (TPSA) is 77.8 Å². The van der Waals surface area contributed by atoms with Gasteiger partial charge in [-0.25, -0.2) is 9.50 Å². The largest absolute Gasteiger partial charge is 0.490 e. The monoisotopic (exact) mass is 464 g/mol. The first-order chi connectivity index (χ1) is 15.9. The predicted molar refractivity (Wildman–Crippen MR) is 130 cm³/mol. The number of fused-ring (bicyclic) bond motifs is 1. The van der Waals surface area contributed by atoms with Gasteiger partial charge in [0.1, 0.15) is 0 Å². The van der Waals surface area contributed by atoms with Crippen LogP contribution in [-0.4, -0.2) is 33.7 Å². The maximum Gasteiger partial charge on any atom is 0.259 e. The lowest BCUT2D eigenvalue weighted by Crippen LogP contribution is -2.16. The fourth-order valence-corrected chi connectivity index (χ4v) is 3.83. The van der Waals surface area contributed by atoms with Gasteiger partial charge in [-0.15, -0.1) is 0 Å². The lowest BCUT2D eigenvalue weighted by atomic mass is 10.1. The molecule has 8 heteroatoms. The molecule has 0 aliphatic carbocycles. The Morgan fingerprint density at radius 1 is 1.03 bits per heavy atom. The van der Waals surface area contributed by atoms with Crippen molar-refractivity contribution in [1.29, 1.82) is 0 Å². The fraction of sp³-hybridized carbons (Fsp3) is 0.240. The van der Waals surface area contributed by atoms with Crippen LogP contribution in [0.15, 0.2) is 48.7 Å². The molecule has 1 N–H and O–H groups in total. The molecule has 170 valence electrons. The minimum Gasteiger partial charge on any atom is -0.490 e. The molecule has 0 atom stereocenters. The van der Waals surface area contributed by atoms with Crippen molar-refractivity contribution in [3.05, 3.63) is 70.6 Å². The van der Waals surface area contributed by atoms with Crippen LogP contribution in [0.25, 0.3) is 16.8 Å². The number of carbonyl (C=O) groups is 1. The number of aryl methyl sites for hydroxylation is 2. The highest BCUT2D eigenvalue weighted by atomic mass is 35.5. The molecule has 0 unspecified atom stereocenters. The van der Waals surface area contributed by atoms with Crippen molar-refractivity contribution in [1.82, 2.24) is 14.6 Å². The van der Waals surface area contributed by atoms with Crippen LogP contribution in [0, 0.1) is 13.8 Å². The van der Waals surface area contributed by atoms with Crippen molar-refractivity contribution >= 4 is 28.8 Å². The van der Waals surface area contributed by atoms with Gasteiger partial charge in [0.15, 0.2) is 17.1 Å². The van der Waals surface area contributed by atoms with Crippen LogP contribution in [0.1, 0.15) is 35.6 Å². The van der Waals surface area contributed by atoms with Crippen LogP contribution >= 0.6 is 11.6 Å². The van der Waals surface area contributed by atoms with Gasteiger partial charge in [0.05, 0.1) is 30.2 Å². The van der Waals surface area contributed by atoms with Crippen molar-refractivity contribution in [2.45, 2.75) is 27.7 Å². The molecule has 33 heavy (non-hydrogen) atoms. The number of nitrogens with zero attached hydrogens (tertiary/aromatic N) is 3. The normalized spacial score (nSPS) is 10.9. The van der Waals surface area contributed by atoms with Crippen LogP contribution in [0.4, 0.5) is 5.69 Å². The van der Waals surface area contributed by atoms with Gasteiger partial charge >= 0.3 is 0 Å². The Labute approximate surface area is 197 Å². The molecule has 0 aliphatic rings. The molecule has 0 spiro atoms. The third kappa shape index (κ3) is 4.50. The van der Waals surface area contributed by atoms with Gasteiger partial charge in [-0.3, -0.25) is 4.79 Å². The Kier molecular flexibility index (Phi) is 6.51. The third-order valence-corrected chi connectivity index (χ3v) is 5.49. The SMILES string of the molecule is CCOc1ccc(-c2c(C)nn3c(C)c(C(=O)Nc4ccc(Cl)cc4)cnc23)cc1OCC. The Morgan fingerprint density at radius 3 is 2.42 bits per heavy atom. The number of hydrogen-bond acceptors (Lipinski definition) is 5. The number of halogens is 1. The summed E-state index contributed by atoms with van der Waals surface area (Å²) in [4.78, 5) is 17.5.